The van der Waals surface area contributed by atoms with Crippen molar-refractivity contribution in [3.63, 3.8) is 0 Å². The van der Waals surface area contributed by atoms with Crippen LogP contribution in [-0.2, 0) is 19.3 Å². The molecule has 0 radical (unpaired) electrons. The molecule has 0 saturated heterocycles. The van der Waals surface area contributed by atoms with Gasteiger partial charge in [-0.15, -0.1) is 10.2 Å². The number of amides is 1. The molecule has 160 valence electrons. The van der Waals surface area contributed by atoms with E-state index in [1.54, 1.807) is 6.07 Å². The monoisotopic (exact) mass is 434 g/mol. The Balaban J connectivity index is 1.37. The number of pyridine rings is 1. The van der Waals surface area contributed by atoms with Gasteiger partial charge in [0.15, 0.2) is 0 Å². The number of aryl methyl sites for hydroxylation is 2. The predicted molar refractivity (Wildman–Crippen MR) is 122 cm³/mol. The van der Waals surface area contributed by atoms with Crippen molar-refractivity contribution in [1.82, 2.24) is 15.2 Å². The van der Waals surface area contributed by atoms with E-state index in [1.165, 1.54) is 22.5 Å². The fraction of sp³-hybridized carbons (Fsp3) is 0.417. The van der Waals surface area contributed by atoms with E-state index >= 15 is 0 Å². The average Bonchev–Trinajstić information content (AvgIpc) is 3.21. The van der Waals surface area contributed by atoms with E-state index in [1.807, 2.05) is 0 Å². The summed E-state index contributed by atoms with van der Waals surface area (Å²) in [6, 6.07) is 10.2. The molecule has 1 atom stereocenters. The van der Waals surface area contributed by atoms with Gasteiger partial charge in [0.1, 0.15) is 10.6 Å². The lowest BCUT2D eigenvalue weighted by Gasteiger charge is -2.31. The van der Waals surface area contributed by atoms with Crippen LogP contribution in [0.1, 0.15) is 76.8 Å². The first kappa shape index (κ1) is 20.1. The Morgan fingerprint density at radius 3 is 2.90 bits per heavy atom. The van der Waals surface area contributed by atoms with Crippen LogP contribution in [0.5, 0.6) is 0 Å². The molecule has 1 aromatic carbocycles. The van der Waals surface area contributed by atoms with E-state index in [9.17, 15) is 9.59 Å². The fourth-order valence-corrected chi connectivity index (χ4v) is 5.72. The van der Waals surface area contributed by atoms with E-state index in [2.05, 4.69) is 58.6 Å². The predicted octanol–water partition coefficient (Wildman–Crippen LogP) is 4.46. The minimum absolute atomic E-state index is 0.135. The molecule has 2 N–H and O–H groups in total. The molecule has 0 aliphatic heterocycles. The van der Waals surface area contributed by atoms with Gasteiger partial charge in [-0.1, -0.05) is 49.4 Å². The minimum Gasteiger partial charge on any atom is -0.325 e. The van der Waals surface area contributed by atoms with Crippen molar-refractivity contribution in [2.75, 3.05) is 5.32 Å². The van der Waals surface area contributed by atoms with Crippen LogP contribution >= 0.6 is 11.3 Å². The van der Waals surface area contributed by atoms with Gasteiger partial charge in [0.2, 0.25) is 5.13 Å². The van der Waals surface area contributed by atoms with Gasteiger partial charge in [-0.25, -0.2) is 0 Å². The summed E-state index contributed by atoms with van der Waals surface area (Å²) in [5.74, 6) is -0.221. The fourth-order valence-electron chi connectivity index (χ4n) is 4.83. The standard InChI is InChI=1S/C24H26N4O2S/c1-24(2)11-10-19-15(13-24)12-18(20(29)25-19)21(30)26-23-28-27-22(31-23)17-9-5-7-14-6-3-4-8-16(14)17/h3-4,6,8,12,17H,5,7,9-11,13H2,1-2H3,(H,25,29)(H,26,28,30). The summed E-state index contributed by atoms with van der Waals surface area (Å²) in [5.41, 5.74) is 4.63. The van der Waals surface area contributed by atoms with Crippen molar-refractivity contribution in [3.05, 3.63) is 73.6 Å². The molecular formula is C24H26N4O2S. The first-order chi connectivity index (χ1) is 14.9. The number of carbonyl (C=O) groups excluding carboxylic acids is 1. The number of fused-ring (bicyclic) bond motifs is 2. The molecule has 31 heavy (non-hydrogen) atoms. The summed E-state index contributed by atoms with van der Waals surface area (Å²) in [6.07, 6.45) is 5.95. The Hall–Kier alpha value is -2.80. The SMILES string of the molecule is CC1(C)CCc2[nH]c(=O)c(C(=O)Nc3nnc(C4CCCc5ccccc54)s3)cc2C1. The highest BCUT2D eigenvalue weighted by atomic mass is 32.1. The van der Waals surface area contributed by atoms with Crippen LogP contribution < -0.4 is 10.9 Å². The van der Waals surface area contributed by atoms with Gasteiger partial charge in [-0.05, 0) is 66.7 Å². The number of carbonyl (C=O) groups is 1. The molecule has 1 amide bonds. The Kier molecular flexibility index (Phi) is 5.01. The molecule has 2 heterocycles. The summed E-state index contributed by atoms with van der Waals surface area (Å²) in [7, 11) is 0. The van der Waals surface area contributed by atoms with E-state index in [0.29, 0.717) is 5.13 Å². The van der Waals surface area contributed by atoms with Crippen LogP contribution in [-0.4, -0.2) is 21.1 Å². The Morgan fingerprint density at radius 1 is 1.19 bits per heavy atom. The van der Waals surface area contributed by atoms with Crippen LogP contribution in [0.2, 0.25) is 0 Å². The molecule has 2 aromatic heterocycles. The molecule has 5 rings (SSSR count). The third-order valence-corrected chi connectivity index (χ3v) is 7.46. The van der Waals surface area contributed by atoms with Crippen LogP contribution in [0.25, 0.3) is 0 Å². The Labute approximate surface area is 185 Å². The maximum absolute atomic E-state index is 12.9. The van der Waals surface area contributed by atoms with E-state index in [4.69, 9.17) is 0 Å². The highest BCUT2D eigenvalue weighted by Gasteiger charge is 2.28. The first-order valence-electron chi connectivity index (χ1n) is 10.9. The summed E-state index contributed by atoms with van der Waals surface area (Å²) in [6.45, 7) is 4.43. The molecule has 0 saturated carbocycles. The smallest absolute Gasteiger partial charge is 0.263 e. The number of aromatic amines is 1. The van der Waals surface area contributed by atoms with Crippen LogP contribution in [0.3, 0.4) is 0 Å². The topological polar surface area (TPSA) is 87.7 Å². The first-order valence-corrected chi connectivity index (χ1v) is 11.7. The molecule has 2 aliphatic rings. The largest absolute Gasteiger partial charge is 0.325 e. The lowest BCUT2D eigenvalue weighted by atomic mass is 9.76. The summed E-state index contributed by atoms with van der Waals surface area (Å²) in [4.78, 5) is 28.3. The Morgan fingerprint density at radius 2 is 2.03 bits per heavy atom. The van der Waals surface area contributed by atoms with Crippen LogP contribution in [0.15, 0.2) is 35.1 Å². The second-order valence-electron chi connectivity index (χ2n) is 9.40. The molecular weight excluding hydrogens is 408 g/mol. The second-order valence-corrected chi connectivity index (χ2v) is 10.4. The molecule has 2 aliphatic carbocycles. The number of nitrogens with one attached hydrogen (secondary N) is 2. The number of aromatic nitrogens is 3. The third kappa shape index (κ3) is 3.94. The number of benzene rings is 1. The van der Waals surface area contributed by atoms with Gasteiger partial charge < -0.3 is 4.98 Å². The average molecular weight is 435 g/mol. The second kappa shape index (κ2) is 7.71. The van der Waals surface area contributed by atoms with Gasteiger partial charge >= 0.3 is 0 Å². The number of hydrogen-bond donors (Lipinski definition) is 2. The zero-order valence-corrected chi connectivity index (χ0v) is 18.6. The minimum atomic E-state index is -0.431. The number of nitrogens with zero attached hydrogens (tertiary/aromatic N) is 2. The number of H-pyrrole nitrogens is 1. The molecule has 0 fully saturated rings. The van der Waals surface area contributed by atoms with Crippen molar-refractivity contribution in [3.8, 4) is 0 Å². The lowest BCUT2D eigenvalue weighted by Crippen LogP contribution is -2.29. The molecule has 3 aromatic rings. The summed E-state index contributed by atoms with van der Waals surface area (Å²) < 4.78 is 0. The molecule has 6 nitrogen and oxygen atoms in total. The van der Waals surface area contributed by atoms with E-state index in [-0.39, 0.29) is 22.5 Å². The van der Waals surface area contributed by atoms with Crippen molar-refractivity contribution in [2.24, 2.45) is 5.41 Å². The number of hydrogen-bond acceptors (Lipinski definition) is 5. The van der Waals surface area contributed by atoms with Crippen molar-refractivity contribution in [1.29, 1.82) is 0 Å². The maximum Gasteiger partial charge on any atom is 0.263 e. The van der Waals surface area contributed by atoms with E-state index < -0.39 is 5.91 Å². The van der Waals surface area contributed by atoms with Gasteiger partial charge in [-0.2, -0.15) is 0 Å². The normalized spacial score (nSPS) is 19.4. The molecule has 0 bridgehead atoms. The van der Waals surface area contributed by atoms with Crippen LogP contribution in [0, 0.1) is 5.41 Å². The molecule has 7 heteroatoms. The zero-order valence-electron chi connectivity index (χ0n) is 17.8. The molecule has 0 spiro atoms. The van der Waals surface area contributed by atoms with Crippen molar-refractivity contribution in [2.45, 2.75) is 58.3 Å². The highest BCUT2D eigenvalue weighted by Crippen LogP contribution is 2.38. The van der Waals surface area contributed by atoms with Gasteiger partial charge in [0, 0.05) is 11.6 Å². The van der Waals surface area contributed by atoms with Gasteiger partial charge in [0.05, 0.1) is 0 Å². The molecule has 1 unspecified atom stereocenters. The quantitative estimate of drug-likeness (QED) is 0.637. The lowest BCUT2D eigenvalue weighted by molar-refractivity contribution is 0.102. The van der Waals surface area contributed by atoms with Crippen molar-refractivity contribution < 1.29 is 4.79 Å². The van der Waals surface area contributed by atoms with Gasteiger partial charge in [-0.3, -0.25) is 14.9 Å². The van der Waals surface area contributed by atoms with Gasteiger partial charge in [0.25, 0.3) is 11.5 Å². The summed E-state index contributed by atoms with van der Waals surface area (Å²) >= 11 is 1.39. The highest BCUT2D eigenvalue weighted by molar-refractivity contribution is 7.15. The zero-order chi connectivity index (χ0) is 21.6. The number of rotatable bonds is 3. The Bertz CT molecular complexity index is 1210. The third-order valence-electron chi connectivity index (χ3n) is 6.51. The van der Waals surface area contributed by atoms with Crippen LogP contribution in [0.4, 0.5) is 5.13 Å². The van der Waals surface area contributed by atoms with Crippen molar-refractivity contribution >= 4 is 22.4 Å². The summed E-state index contributed by atoms with van der Waals surface area (Å²) in [5, 5.41) is 12.7. The number of anilines is 1. The maximum atomic E-state index is 12.9. The van der Waals surface area contributed by atoms with E-state index in [0.717, 1.165) is 54.8 Å².